The zero-order valence-electron chi connectivity index (χ0n) is 19.9. The summed E-state index contributed by atoms with van der Waals surface area (Å²) in [6.45, 7) is 4.67. The Labute approximate surface area is 200 Å². The van der Waals surface area contributed by atoms with Gasteiger partial charge in [-0.2, -0.15) is 0 Å². The number of ketones is 2. The van der Waals surface area contributed by atoms with Gasteiger partial charge < -0.3 is 10.1 Å². The predicted octanol–water partition coefficient (Wildman–Crippen LogP) is 5.49. The van der Waals surface area contributed by atoms with Crippen molar-refractivity contribution in [1.82, 2.24) is 0 Å². The second-order valence-electron chi connectivity index (χ2n) is 11.4. The van der Waals surface area contributed by atoms with Crippen molar-refractivity contribution in [1.29, 1.82) is 0 Å². The maximum absolute atomic E-state index is 12.9. The highest BCUT2D eigenvalue weighted by molar-refractivity contribution is 8.15. The molecule has 0 saturated heterocycles. The first kappa shape index (κ1) is 21.7. The molecule has 176 valence electrons. The van der Waals surface area contributed by atoms with Crippen LogP contribution in [0.3, 0.4) is 0 Å². The molecule has 1 aromatic carbocycles. The maximum Gasteiger partial charge on any atom is 0.162 e. The minimum absolute atomic E-state index is 0.00132. The number of para-hydroxylation sites is 2. The molecule has 1 aromatic rings. The number of nitrogens with zero attached hydrogens (tertiary/aromatic N) is 1. The number of hydrogen-bond acceptors (Lipinski definition) is 6. The predicted molar refractivity (Wildman–Crippen MR) is 132 cm³/mol. The van der Waals surface area contributed by atoms with Crippen LogP contribution in [-0.4, -0.2) is 34.6 Å². The van der Waals surface area contributed by atoms with Gasteiger partial charge in [-0.3, -0.25) is 14.6 Å². The van der Waals surface area contributed by atoms with Gasteiger partial charge in [-0.15, -0.1) is 0 Å². The minimum atomic E-state index is -0.338. The van der Waals surface area contributed by atoms with Crippen LogP contribution >= 0.6 is 11.8 Å². The molecule has 0 bridgehead atoms. The molecule has 1 N–H and O–H groups in total. The fourth-order valence-corrected chi connectivity index (χ4v) is 10.0. The molecule has 1 heterocycles. The number of rotatable bonds is 2. The average molecular weight is 467 g/mol. The molecule has 5 aliphatic rings. The number of methoxy groups -OCH3 is 1. The first-order chi connectivity index (χ1) is 15.8. The molecular formula is C27H34N2O3S. The number of fused-ring (bicyclic) bond motifs is 4. The summed E-state index contributed by atoms with van der Waals surface area (Å²) in [6.07, 6.45) is 7.11. The highest BCUT2D eigenvalue weighted by atomic mass is 32.2. The van der Waals surface area contributed by atoms with E-state index in [1.165, 1.54) is 0 Å². The van der Waals surface area contributed by atoms with Crippen molar-refractivity contribution in [3.8, 4) is 5.75 Å². The van der Waals surface area contributed by atoms with Crippen molar-refractivity contribution in [3.63, 3.8) is 0 Å². The van der Waals surface area contributed by atoms with Gasteiger partial charge in [-0.25, -0.2) is 0 Å². The lowest BCUT2D eigenvalue weighted by molar-refractivity contribution is -0.146. The van der Waals surface area contributed by atoms with E-state index in [2.05, 4.69) is 19.2 Å². The van der Waals surface area contributed by atoms with Crippen LogP contribution in [0, 0.1) is 28.6 Å². The van der Waals surface area contributed by atoms with Gasteiger partial charge in [0.25, 0.3) is 0 Å². The highest BCUT2D eigenvalue weighted by Crippen LogP contribution is 2.70. The minimum Gasteiger partial charge on any atom is -0.495 e. The van der Waals surface area contributed by atoms with Crippen LogP contribution in [0.5, 0.6) is 5.75 Å². The molecule has 33 heavy (non-hydrogen) atoms. The molecule has 6 rings (SSSR count). The van der Waals surface area contributed by atoms with Gasteiger partial charge in [0.2, 0.25) is 0 Å². The fraction of sp³-hybridized carbons (Fsp3) is 0.667. The van der Waals surface area contributed by atoms with Crippen LogP contribution in [0.1, 0.15) is 65.2 Å². The summed E-state index contributed by atoms with van der Waals surface area (Å²) < 4.78 is 5.55. The van der Waals surface area contributed by atoms with E-state index in [0.717, 1.165) is 55.1 Å². The van der Waals surface area contributed by atoms with Crippen LogP contribution in [0.4, 0.5) is 5.69 Å². The second-order valence-corrected chi connectivity index (χ2v) is 12.6. The summed E-state index contributed by atoms with van der Waals surface area (Å²) in [6, 6.07) is 7.93. The number of hydrogen-bond donors (Lipinski definition) is 1. The molecule has 4 saturated carbocycles. The Morgan fingerprint density at radius 2 is 1.91 bits per heavy atom. The zero-order chi connectivity index (χ0) is 23.0. The summed E-state index contributed by atoms with van der Waals surface area (Å²) in [5.41, 5.74) is 0.439. The van der Waals surface area contributed by atoms with Gasteiger partial charge in [0, 0.05) is 29.9 Å². The van der Waals surface area contributed by atoms with E-state index < -0.39 is 0 Å². The summed E-state index contributed by atoms with van der Waals surface area (Å²) in [4.78, 5) is 31.1. The maximum atomic E-state index is 12.9. The van der Waals surface area contributed by atoms with Crippen molar-refractivity contribution in [2.24, 2.45) is 33.6 Å². The molecule has 1 spiro atoms. The highest BCUT2D eigenvalue weighted by Gasteiger charge is 2.69. The topological polar surface area (TPSA) is 67.8 Å². The molecule has 0 radical (unpaired) electrons. The molecule has 0 aromatic heterocycles. The first-order valence-electron chi connectivity index (χ1n) is 12.5. The molecule has 0 amide bonds. The van der Waals surface area contributed by atoms with Gasteiger partial charge in [-0.1, -0.05) is 37.7 Å². The number of amidine groups is 1. The average Bonchev–Trinajstić information content (AvgIpc) is 3.30. The lowest BCUT2D eigenvalue weighted by Gasteiger charge is -2.63. The quantitative estimate of drug-likeness (QED) is 0.624. The van der Waals surface area contributed by atoms with Crippen LogP contribution in [0.25, 0.3) is 0 Å². The number of anilines is 1. The van der Waals surface area contributed by atoms with Crippen molar-refractivity contribution < 1.29 is 14.3 Å². The molecule has 4 fully saturated rings. The van der Waals surface area contributed by atoms with E-state index in [9.17, 15) is 9.59 Å². The summed E-state index contributed by atoms with van der Waals surface area (Å²) in [5, 5.41) is 4.73. The Bertz CT molecular complexity index is 1060. The van der Waals surface area contributed by atoms with Gasteiger partial charge in [0.15, 0.2) is 5.17 Å². The van der Waals surface area contributed by atoms with E-state index in [-0.39, 0.29) is 21.6 Å². The molecule has 4 aliphatic carbocycles. The van der Waals surface area contributed by atoms with Crippen LogP contribution in [-0.2, 0) is 9.59 Å². The zero-order valence-corrected chi connectivity index (χ0v) is 20.7. The van der Waals surface area contributed by atoms with Gasteiger partial charge in [0.05, 0.1) is 18.3 Å². The van der Waals surface area contributed by atoms with Gasteiger partial charge >= 0.3 is 0 Å². The van der Waals surface area contributed by atoms with E-state index >= 15 is 0 Å². The van der Waals surface area contributed by atoms with Crippen molar-refractivity contribution >= 4 is 34.2 Å². The number of ether oxygens (including phenoxy) is 1. The standard InChI is InChI=1S/C27H34N2O3S/c1-25-12-11-19-17(18(25)8-9-22(25)31)14-23-27(15-16(30)10-13-26(19,27)2)29-24(33-23)28-20-6-4-5-7-21(20)32-3/h4-7,17-19,23H,8-15H2,1-3H3,(H,28,29)/t17-,18-,19-,23-,25-,26+,27-/m0/s1. The normalized spacial score (nSPS) is 43.8. The van der Waals surface area contributed by atoms with Crippen molar-refractivity contribution in [2.75, 3.05) is 12.4 Å². The number of carbonyl (C=O) groups is 2. The number of thioether (sulfide) groups is 1. The van der Waals surface area contributed by atoms with Crippen molar-refractivity contribution in [3.05, 3.63) is 24.3 Å². The molecule has 5 nitrogen and oxygen atoms in total. The summed E-state index contributed by atoms with van der Waals surface area (Å²) in [5.74, 6) is 3.23. The van der Waals surface area contributed by atoms with E-state index in [0.29, 0.717) is 42.2 Å². The monoisotopic (exact) mass is 466 g/mol. The Balaban J connectivity index is 1.39. The molecule has 7 atom stereocenters. The molecular weight excluding hydrogens is 432 g/mol. The lowest BCUT2D eigenvalue weighted by atomic mass is 9.42. The Hall–Kier alpha value is -1.82. The smallest absolute Gasteiger partial charge is 0.162 e. The summed E-state index contributed by atoms with van der Waals surface area (Å²) >= 11 is 1.82. The largest absolute Gasteiger partial charge is 0.495 e. The van der Waals surface area contributed by atoms with Gasteiger partial charge in [-0.05, 0) is 67.4 Å². The number of benzene rings is 1. The fourth-order valence-electron chi connectivity index (χ4n) is 8.46. The van der Waals surface area contributed by atoms with Crippen molar-refractivity contribution in [2.45, 2.75) is 76.0 Å². The number of aliphatic imine (C=N–C) groups is 1. The third-order valence-corrected chi connectivity index (χ3v) is 11.5. The third kappa shape index (κ3) is 2.88. The van der Waals surface area contributed by atoms with Crippen LogP contribution < -0.4 is 10.1 Å². The third-order valence-electron chi connectivity index (χ3n) is 10.3. The first-order valence-corrected chi connectivity index (χ1v) is 13.4. The molecule has 1 aliphatic heterocycles. The van der Waals surface area contributed by atoms with Crippen LogP contribution in [0.2, 0.25) is 0 Å². The van der Waals surface area contributed by atoms with Gasteiger partial charge in [0.1, 0.15) is 17.3 Å². The molecule has 0 unspecified atom stereocenters. The van der Waals surface area contributed by atoms with E-state index in [4.69, 9.17) is 9.73 Å². The van der Waals surface area contributed by atoms with E-state index in [1.807, 2.05) is 36.0 Å². The number of nitrogens with one attached hydrogen (secondary N) is 1. The number of Topliss-reactive ketones (excluding diaryl/α,β-unsaturated/α-hetero) is 2. The summed E-state index contributed by atoms with van der Waals surface area (Å²) in [7, 11) is 1.68. The Morgan fingerprint density at radius 3 is 2.73 bits per heavy atom. The van der Waals surface area contributed by atoms with E-state index in [1.54, 1.807) is 7.11 Å². The molecule has 6 heteroatoms. The Kier molecular flexibility index (Phi) is 4.82. The number of carbonyl (C=O) groups excluding carboxylic acids is 2. The lowest BCUT2D eigenvalue weighted by Crippen LogP contribution is -2.65. The SMILES string of the molecule is COc1ccccc1NC1=N[C@]23CC(=O)CC[C@]2(C)[C@H]2CC[C@]4(C)C(=O)CC[C@H]4[C@@H]2C[C@@H]3S1. The van der Waals surface area contributed by atoms with Crippen LogP contribution in [0.15, 0.2) is 29.3 Å². The Morgan fingerprint density at radius 1 is 1.09 bits per heavy atom. The second kappa shape index (κ2) is 7.34.